The Kier molecular flexibility index (Phi) is 7.29. The van der Waals surface area contributed by atoms with Crippen molar-refractivity contribution in [2.45, 2.75) is 32.5 Å². The van der Waals surface area contributed by atoms with Crippen molar-refractivity contribution in [2.75, 3.05) is 39.5 Å². The van der Waals surface area contributed by atoms with Crippen LogP contribution in [0.2, 0.25) is 0 Å². The molecule has 2 N–H and O–H groups in total. The van der Waals surface area contributed by atoms with Crippen LogP contribution in [-0.2, 0) is 13.1 Å². The third kappa shape index (κ3) is 5.81. The molecule has 0 unspecified atom stereocenters. The van der Waals surface area contributed by atoms with E-state index in [1.807, 2.05) is 37.3 Å². The Morgan fingerprint density at radius 1 is 1.11 bits per heavy atom. The number of piperazine rings is 1. The Balaban J connectivity index is 1.59. The molecule has 148 valence electrons. The lowest BCUT2D eigenvalue weighted by Crippen LogP contribution is -2.52. The summed E-state index contributed by atoms with van der Waals surface area (Å²) in [5.74, 6) is 2.71. The molecule has 0 amide bonds. The molecular formula is C21H30N2O4. The van der Waals surface area contributed by atoms with Gasteiger partial charge in [-0.3, -0.25) is 9.80 Å². The first kappa shape index (κ1) is 19.9. The van der Waals surface area contributed by atoms with Crippen molar-refractivity contribution >= 4 is 0 Å². The van der Waals surface area contributed by atoms with Gasteiger partial charge in [-0.1, -0.05) is 12.1 Å². The molecule has 2 heterocycles. The Labute approximate surface area is 161 Å². The van der Waals surface area contributed by atoms with Crippen LogP contribution in [0, 0.1) is 6.92 Å². The maximum absolute atomic E-state index is 9.50. The van der Waals surface area contributed by atoms with Gasteiger partial charge in [-0.2, -0.15) is 0 Å². The molecule has 0 saturated carbocycles. The van der Waals surface area contributed by atoms with Crippen molar-refractivity contribution in [2.24, 2.45) is 0 Å². The van der Waals surface area contributed by atoms with E-state index in [0.717, 1.165) is 56.4 Å². The number of furan rings is 1. The number of aliphatic hydroxyl groups excluding tert-OH is 2. The van der Waals surface area contributed by atoms with Crippen molar-refractivity contribution in [1.29, 1.82) is 0 Å². The minimum atomic E-state index is 0.0181. The molecule has 0 aliphatic carbocycles. The van der Waals surface area contributed by atoms with E-state index in [4.69, 9.17) is 14.3 Å². The number of hydrogen-bond acceptors (Lipinski definition) is 6. The van der Waals surface area contributed by atoms with Gasteiger partial charge in [0.1, 0.15) is 23.9 Å². The third-order valence-corrected chi connectivity index (χ3v) is 4.97. The van der Waals surface area contributed by atoms with Crippen molar-refractivity contribution in [3.05, 3.63) is 53.5 Å². The highest BCUT2D eigenvalue weighted by Gasteiger charge is 2.27. The van der Waals surface area contributed by atoms with Gasteiger partial charge in [-0.15, -0.1) is 0 Å². The summed E-state index contributed by atoms with van der Waals surface area (Å²) in [6.07, 6.45) is 0.760. The van der Waals surface area contributed by atoms with Crippen LogP contribution in [0.3, 0.4) is 0 Å². The zero-order valence-corrected chi connectivity index (χ0v) is 16.0. The van der Waals surface area contributed by atoms with Crippen LogP contribution in [0.25, 0.3) is 0 Å². The van der Waals surface area contributed by atoms with Crippen LogP contribution in [-0.4, -0.2) is 65.5 Å². The average molecular weight is 374 g/mol. The lowest BCUT2D eigenvalue weighted by molar-refractivity contribution is 0.0454. The first-order valence-corrected chi connectivity index (χ1v) is 9.63. The molecule has 6 nitrogen and oxygen atoms in total. The summed E-state index contributed by atoms with van der Waals surface area (Å²) in [7, 11) is 0. The molecule has 3 rings (SSSR count). The fourth-order valence-electron chi connectivity index (χ4n) is 3.66. The number of rotatable bonds is 9. The van der Waals surface area contributed by atoms with E-state index < -0.39 is 0 Å². The quantitative estimate of drug-likeness (QED) is 0.700. The summed E-state index contributed by atoms with van der Waals surface area (Å²) in [5, 5.41) is 18.4. The van der Waals surface area contributed by atoms with Crippen LogP contribution >= 0.6 is 0 Å². The molecular weight excluding hydrogens is 344 g/mol. The molecule has 1 aliphatic heterocycles. The largest absolute Gasteiger partial charge is 0.491 e. The minimum absolute atomic E-state index is 0.0181. The number of benzene rings is 1. The predicted molar refractivity (Wildman–Crippen MR) is 104 cm³/mol. The molecule has 1 aliphatic rings. The molecule has 1 saturated heterocycles. The van der Waals surface area contributed by atoms with Crippen molar-refractivity contribution in [3.63, 3.8) is 0 Å². The smallest absolute Gasteiger partial charge is 0.119 e. The molecule has 1 fully saturated rings. The van der Waals surface area contributed by atoms with Gasteiger partial charge in [-0.05, 0) is 43.2 Å². The Morgan fingerprint density at radius 3 is 2.74 bits per heavy atom. The van der Waals surface area contributed by atoms with Gasteiger partial charge in [0.15, 0.2) is 0 Å². The molecule has 0 bridgehead atoms. The number of hydrogen-bond donors (Lipinski definition) is 2. The first-order valence-electron chi connectivity index (χ1n) is 9.63. The van der Waals surface area contributed by atoms with Gasteiger partial charge in [0, 0.05) is 38.8 Å². The number of nitrogens with zero attached hydrogens (tertiary/aromatic N) is 2. The fourth-order valence-corrected chi connectivity index (χ4v) is 3.66. The average Bonchev–Trinajstić information content (AvgIpc) is 3.07. The summed E-state index contributed by atoms with van der Waals surface area (Å²) < 4.78 is 11.2. The monoisotopic (exact) mass is 374 g/mol. The molecule has 2 aromatic rings. The Morgan fingerprint density at radius 2 is 2.00 bits per heavy atom. The van der Waals surface area contributed by atoms with Crippen LogP contribution in [0.1, 0.15) is 23.5 Å². The van der Waals surface area contributed by atoms with Crippen molar-refractivity contribution in [3.8, 4) is 5.75 Å². The standard InChI is InChI=1S/C21H30N2O4/c1-17-5-6-21(27-17)16-23-9-8-22(15-19(23)7-10-24)14-18-3-2-4-20(13-18)26-12-11-25/h2-6,13,19,24-25H,7-12,14-16H2,1H3/t19-/m0/s1. The van der Waals surface area contributed by atoms with Gasteiger partial charge in [0.2, 0.25) is 0 Å². The highest BCUT2D eigenvalue weighted by molar-refractivity contribution is 5.28. The second-order valence-electron chi connectivity index (χ2n) is 7.10. The number of aliphatic hydroxyl groups is 2. The van der Waals surface area contributed by atoms with Crippen molar-refractivity contribution < 1.29 is 19.4 Å². The number of ether oxygens (including phenoxy) is 1. The molecule has 1 atom stereocenters. The predicted octanol–water partition coefficient (Wildman–Crippen LogP) is 2.03. The number of aryl methyl sites for hydroxylation is 1. The Hall–Kier alpha value is -1.86. The zero-order valence-electron chi connectivity index (χ0n) is 16.0. The molecule has 6 heteroatoms. The van der Waals surface area contributed by atoms with E-state index in [9.17, 15) is 5.11 Å². The van der Waals surface area contributed by atoms with E-state index in [-0.39, 0.29) is 13.2 Å². The molecule has 1 aromatic heterocycles. The molecule has 0 radical (unpaired) electrons. The SMILES string of the molecule is Cc1ccc(CN2CCN(Cc3cccc(OCCO)c3)C[C@@H]2CCO)o1. The van der Waals surface area contributed by atoms with Crippen LogP contribution in [0.4, 0.5) is 0 Å². The topological polar surface area (TPSA) is 69.3 Å². The van der Waals surface area contributed by atoms with Gasteiger partial charge < -0.3 is 19.4 Å². The normalized spacial score (nSPS) is 18.7. The highest BCUT2D eigenvalue weighted by atomic mass is 16.5. The van der Waals surface area contributed by atoms with Gasteiger partial charge in [0.05, 0.1) is 13.2 Å². The van der Waals surface area contributed by atoms with E-state index in [0.29, 0.717) is 12.6 Å². The maximum atomic E-state index is 9.50. The lowest BCUT2D eigenvalue weighted by Gasteiger charge is -2.41. The summed E-state index contributed by atoms with van der Waals surface area (Å²) >= 11 is 0. The van der Waals surface area contributed by atoms with E-state index >= 15 is 0 Å². The second kappa shape index (κ2) is 9.90. The van der Waals surface area contributed by atoms with Crippen LogP contribution < -0.4 is 4.74 Å². The minimum Gasteiger partial charge on any atom is -0.491 e. The van der Waals surface area contributed by atoms with Gasteiger partial charge >= 0.3 is 0 Å². The first-order chi connectivity index (χ1) is 13.2. The van der Waals surface area contributed by atoms with E-state index in [1.54, 1.807) is 0 Å². The summed E-state index contributed by atoms with van der Waals surface area (Å²) in [5.41, 5.74) is 1.20. The summed E-state index contributed by atoms with van der Waals surface area (Å²) in [6, 6.07) is 12.4. The third-order valence-electron chi connectivity index (χ3n) is 4.97. The van der Waals surface area contributed by atoms with Gasteiger partial charge in [-0.25, -0.2) is 0 Å². The fraction of sp³-hybridized carbons (Fsp3) is 0.524. The molecule has 27 heavy (non-hydrogen) atoms. The van der Waals surface area contributed by atoms with Gasteiger partial charge in [0.25, 0.3) is 0 Å². The zero-order chi connectivity index (χ0) is 19.1. The van der Waals surface area contributed by atoms with E-state index in [2.05, 4.69) is 15.9 Å². The highest BCUT2D eigenvalue weighted by Crippen LogP contribution is 2.21. The van der Waals surface area contributed by atoms with E-state index in [1.165, 1.54) is 5.56 Å². The van der Waals surface area contributed by atoms with Crippen LogP contribution in [0.5, 0.6) is 5.75 Å². The second-order valence-corrected chi connectivity index (χ2v) is 7.10. The molecule has 1 aromatic carbocycles. The Bertz CT molecular complexity index is 703. The maximum Gasteiger partial charge on any atom is 0.119 e. The summed E-state index contributed by atoms with van der Waals surface area (Å²) in [6.45, 7) is 6.97. The summed E-state index contributed by atoms with van der Waals surface area (Å²) in [4.78, 5) is 4.83. The lowest BCUT2D eigenvalue weighted by atomic mass is 10.1. The van der Waals surface area contributed by atoms with Crippen LogP contribution in [0.15, 0.2) is 40.8 Å². The molecule has 0 spiro atoms. The van der Waals surface area contributed by atoms with Crippen molar-refractivity contribution in [1.82, 2.24) is 9.80 Å².